The molecular weight excluding hydrogens is 480 g/mol. The van der Waals surface area contributed by atoms with Gasteiger partial charge in [-0.25, -0.2) is 18.2 Å². The van der Waals surface area contributed by atoms with Gasteiger partial charge in [0.05, 0.1) is 36.0 Å². The number of nitriles is 1. The van der Waals surface area contributed by atoms with Crippen LogP contribution in [-0.4, -0.2) is 76.3 Å². The summed E-state index contributed by atoms with van der Waals surface area (Å²) in [5, 5.41) is 18.8. The van der Waals surface area contributed by atoms with Crippen molar-refractivity contribution in [3.63, 3.8) is 0 Å². The van der Waals surface area contributed by atoms with Crippen molar-refractivity contribution in [2.75, 3.05) is 36.8 Å². The summed E-state index contributed by atoms with van der Waals surface area (Å²) < 4.78 is 30.7. The van der Waals surface area contributed by atoms with Gasteiger partial charge in [0.25, 0.3) is 0 Å². The number of aromatic nitrogens is 2. The molecule has 194 valence electrons. The van der Waals surface area contributed by atoms with E-state index in [1.807, 2.05) is 36.9 Å². The summed E-state index contributed by atoms with van der Waals surface area (Å²) in [5.41, 5.74) is 3.53. The van der Waals surface area contributed by atoms with E-state index in [-0.39, 0.29) is 17.7 Å². The minimum Gasteiger partial charge on any atom is -0.465 e. The third-order valence-electron chi connectivity index (χ3n) is 7.26. The second-order valence-electron chi connectivity index (χ2n) is 9.79. The summed E-state index contributed by atoms with van der Waals surface area (Å²) in [6, 6.07) is 7.54. The Labute approximate surface area is 212 Å². The van der Waals surface area contributed by atoms with Crippen molar-refractivity contribution >= 4 is 21.8 Å². The van der Waals surface area contributed by atoms with Crippen molar-refractivity contribution in [1.29, 1.82) is 5.26 Å². The number of imidazole rings is 1. The van der Waals surface area contributed by atoms with Gasteiger partial charge in [-0.2, -0.15) is 9.57 Å². The number of aryl methyl sites for hydroxylation is 1. The van der Waals surface area contributed by atoms with Crippen molar-refractivity contribution in [2.45, 2.75) is 45.2 Å². The molecule has 3 heterocycles. The molecule has 1 amide bonds. The molecule has 0 aliphatic carbocycles. The molecule has 1 aromatic heterocycles. The molecule has 0 saturated carbocycles. The molecule has 0 bridgehead atoms. The van der Waals surface area contributed by atoms with Crippen LogP contribution in [-0.2, 0) is 30.0 Å². The van der Waals surface area contributed by atoms with Crippen LogP contribution in [0.3, 0.4) is 0 Å². The van der Waals surface area contributed by atoms with Crippen LogP contribution >= 0.6 is 0 Å². The van der Waals surface area contributed by atoms with Gasteiger partial charge in [-0.1, -0.05) is 6.92 Å². The van der Waals surface area contributed by atoms with Crippen LogP contribution < -0.4 is 4.90 Å². The highest BCUT2D eigenvalue weighted by Gasteiger charge is 2.37. The predicted molar refractivity (Wildman–Crippen MR) is 136 cm³/mol. The molecule has 0 spiro atoms. The van der Waals surface area contributed by atoms with Crippen LogP contribution in [0.1, 0.15) is 43.0 Å². The number of anilines is 1. The molecule has 36 heavy (non-hydrogen) atoms. The first-order valence-corrected chi connectivity index (χ1v) is 14.0. The smallest absolute Gasteiger partial charge is 0.407 e. The minimum absolute atomic E-state index is 0.0737. The predicted octanol–water partition coefficient (Wildman–Crippen LogP) is 2.65. The number of benzene rings is 1. The Bertz CT molecular complexity index is 1230. The normalized spacial score (nSPS) is 18.8. The Morgan fingerprint density at radius 1 is 1.31 bits per heavy atom. The fourth-order valence-electron chi connectivity index (χ4n) is 5.30. The SMILES string of the molecule is CCCS(=O)(=O)N(CC1CCN(C(=O)O)CC1)C1Cc2cc(C#N)ccc2N(Cc2cncn2C)C1. The lowest BCUT2D eigenvalue weighted by Crippen LogP contribution is -2.53. The fourth-order valence-corrected chi connectivity index (χ4v) is 7.08. The molecule has 1 atom stereocenters. The van der Waals surface area contributed by atoms with E-state index < -0.39 is 16.1 Å². The quantitative estimate of drug-likeness (QED) is 0.574. The maximum atomic E-state index is 13.5. The van der Waals surface area contributed by atoms with Crippen molar-refractivity contribution < 1.29 is 18.3 Å². The summed E-state index contributed by atoms with van der Waals surface area (Å²) >= 11 is 0. The number of likely N-dealkylation sites (tertiary alicyclic amines) is 1. The first-order valence-electron chi connectivity index (χ1n) is 12.4. The van der Waals surface area contributed by atoms with Crippen LogP contribution in [0, 0.1) is 17.2 Å². The van der Waals surface area contributed by atoms with E-state index >= 15 is 0 Å². The third-order valence-corrected chi connectivity index (χ3v) is 9.34. The molecule has 10 nitrogen and oxygen atoms in total. The highest BCUT2D eigenvalue weighted by Crippen LogP contribution is 2.33. The fraction of sp³-hybridized carbons (Fsp3) is 0.560. The molecule has 1 aromatic carbocycles. The average molecular weight is 515 g/mol. The van der Waals surface area contributed by atoms with Crippen molar-refractivity contribution in [3.8, 4) is 6.07 Å². The van der Waals surface area contributed by atoms with Gasteiger partial charge >= 0.3 is 6.09 Å². The number of hydrogen-bond acceptors (Lipinski definition) is 6. The molecule has 1 N–H and O–H groups in total. The molecular formula is C25H34N6O4S. The Morgan fingerprint density at radius 3 is 2.67 bits per heavy atom. The number of carboxylic acid groups (broad SMARTS) is 1. The van der Waals surface area contributed by atoms with E-state index in [4.69, 9.17) is 0 Å². The second kappa shape index (κ2) is 10.9. The first-order chi connectivity index (χ1) is 17.2. The largest absolute Gasteiger partial charge is 0.465 e. The number of carbonyl (C=O) groups is 1. The molecule has 1 unspecified atom stereocenters. The number of fused-ring (bicyclic) bond motifs is 1. The molecule has 0 radical (unpaired) electrons. The van der Waals surface area contributed by atoms with E-state index in [0.29, 0.717) is 64.0 Å². The standard InChI is InChI=1S/C25H34N6O4S/c1-3-10-36(34,35)31(15-19-6-8-29(9-7-19)25(32)33)22-12-21-11-20(13-26)4-5-24(21)30(16-22)17-23-14-27-18-28(23)2/h4-5,11,14,18-19,22H,3,6-10,12,15-17H2,1-2H3,(H,32,33). The average Bonchev–Trinajstić information content (AvgIpc) is 3.26. The first kappa shape index (κ1) is 26.0. The summed E-state index contributed by atoms with van der Waals surface area (Å²) in [7, 11) is -1.58. The van der Waals surface area contributed by atoms with Crippen LogP contribution in [0.15, 0.2) is 30.7 Å². The molecule has 2 aliphatic rings. The van der Waals surface area contributed by atoms with E-state index in [0.717, 1.165) is 16.9 Å². The molecule has 1 fully saturated rings. The Morgan fingerprint density at radius 2 is 2.06 bits per heavy atom. The van der Waals surface area contributed by atoms with Gasteiger partial charge in [-0.3, -0.25) is 0 Å². The van der Waals surface area contributed by atoms with Gasteiger partial charge in [0, 0.05) is 51.2 Å². The van der Waals surface area contributed by atoms with Gasteiger partial charge in [0.1, 0.15) is 0 Å². The maximum absolute atomic E-state index is 13.5. The van der Waals surface area contributed by atoms with Crippen molar-refractivity contribution in [3.05, 3.63) is 47.5 Å². The minimum atomic E-state index is -3.52. The Balaban J connectivity index is 1.64. The van der Waals surface area contributed by atoms with Crippen molar-refractivity contribution in [2.24, 2.45) is 13.0 Å². The van der Waals surface area contributed by atoms with Gasteiger partial charge in [0.15, 0.2) is 0 Å². The van der Waals surface area contributed by atoms with Gasteiger partial charge in [-0.05, 0) is 55.4 Å². The summed E-state index contributed by atoms with van der Waals surface area (Å²) in [4.78, 5) is 19.1. The number of rotatable bonds is 8. The van der Waals surface area contributed by atoms with Crippen LogP contribution in [0.5, 0.6) is 0 Å². The Hall–Kier alpha value is -3.10. The second-order valence-corrected chi connectivity index (χ2v) is 11.8. The van der Waals surface area contributed by atoms with E-state index in [1.54, 1.807) is 16.7 Å². The van der Waals surface area contributed by atoms with E-state index in [9.17, 15) is 23.6 Å². The lowest BCUT2D eigenvalue weighted by Gasteiger charge is -2.42. The lowest BCUT2D eigenvalue weighted by atomic mass is 9.93. The number of hydrogen-bond donors (Lipinski definition) is 1. The number of piperidine rings is 1. The summed E-state index contributed by atoms with van der Waals surface area (Å²) in [6.07, 6.45) is 4.98. The topological polar surface area (TPSA) is 123 Å². The number of sulfonamides is 1. The van der Waals surface area contributed by atoms with Crippen molar-refractivity contribution in [1.82, 2.24) is 18.8 Å². The maximum Gasteiger partial charge on any atom is 0.407 e. The summed E-state index contributed by atoms with van der Waals surface area (Å²) in [5.74, 6) is 0.175. The highest BCUT2D eigenvalue weighted by molar-refractivity contribution is 7.89. The molecule has 11 heteroatoms. The summed E-state index contributed by atoms with van der Waals surface area (Å²) in [6.45, 7) is 4.20. The lowest BCUT2D eigenvalue weighted by molar-refractivity contribution is 0.118. The Kier molecular flexibility index (Phi) is 7.85. The monoisotopic (exact) mass is 514 g/mol. The molecule has 2 aliphatic heterocycles. The molecule has 2 aromatic rings. The highest BCUT2D eigenvalue weighted by atomic mass is 32.2. The molecule has 1 saturated heterocycles. The zero-order valence-corrected chi connectivity index (χ0v) is 21.7. The third kappa shape index (κ3) is 5.65. The van der Waals surface area contributed by atoms with E-state index in [2.05, 4.69) is 16.0 Å². The van der Waals surface area contributed by atoms with E-state index in [1.165, 1.54) is 4.90 Å². The van der Waals surface area contributed by atoms with Crippen LogP contribution in [0.2, 0.25) is 0 Å². The van der Waals surface area contributed by atoms with Crippen LogP contribution in [0.4, 0.5) is 10.5 Å². The van der Waals surface area contributed by atoms with Gasteiger partial charge in [-0.15, -0.1) is 0 Å². The van der Waals surface area contributed by atoms with Crippen LogP contribution in [0.25, 0.3) is 0 Å². The van der Waals surface area contributed by atoms with Gasteiger partial charge < -0.3 is 19.5 Å². The number of nitrogens with zero attached hydrogens (tertiary/aromatic N) is 6. The zero-order chi connectivity index (χ0) is 25.9. The molecule has 4 rings (SSSR count). The van der Waals surface area contributed by atoms with Gasteiger partial charge in [0.2, 0.25) is 10.0 Å². The zero-order valence-electron chi connectivity index (χ0n) is 20.9. The number of amides is 1.